The minimum absolute atomic E-state index is 0.140. The summed E-state index contributed by atoms with van der Waals surface area (Å²) in [5.74, 6) is 0.679. The Bertz CT molecular complexity index is 1060. The second-order valence-electron chi connectivity index (χ2n) is 8.15. The molecule has 29 heavy (non-hydrogen) atoms. The summed E-state index contributed by atoms with van der Waals surface area (Å²) < 4.78 is 34.7. The van der Waals surface area contributed by atoms with E-state index in [1.165, 1.54) is 15.6 Å². The maximum atomic E-state index is 13.5. The summed E-state index contributed by atoms with van der Waals surface area (Å²) in [6, 6.07) is 6.78. The second kappa shape index (κ2) is 6.78. The number of rotatable bonds is 3. The quantitative estimate of drug-likeness (QED) is 0.743. The van der Waals surface area contributed by atoms with Gasteiger partial charge < -0.3 is 9.64 Å². The van der Waals surface area contributed by atoms with Crippen molar-refractivity contribution in [3.63, 3.8) is 0 Å². The fourth-order valence-electron chi connectivity index (χ4n) is 4.19. The normalized spacial score (nSPS) is 26.2. The molecule has 1 spiro atoms. The molecule has 1 saturated heterocycles. The molecule has 1 atom stereocenters. The third kappa shape index (κ3) is 3.45. The van der Waals surface area contributed by atoms with Crippen LogP contribution in [0.25, 0.3) is 0 Å². The van der Waals surface area contributed by atoms with Gasteiger partial charge in [-0.15, -0.1) is 11.3 Å². The van der Waals surface area contributed by atoms with E-state index in [0.717, 1.165) is 23.5 Å². The van der Waals surface area contributed by atoms with Crippen LogP contribution in [0.1, 0.15) is 30.0 Å². The summed E-state index contributed by atoms with van der Waals surface area (Å²) in [5.41, 5.74) is -0.00975. The number of aromatic nitrogens is 1. The van der Waals surface area contributed by atoms with Crippen LogP contribution >= 0.6 is 11.3 Å². The molecule has 1 amide bonds. The molecule has 5 rings (SSSR count). The summed E-state index contributed by atoms with van der Waals surface area (Å²) in [6.45, 7) is 3.32. The van der Waals surface area contributed by atoms with Crippen molar-refractivity contribution in [3.8, 4) is 5.75 Å². The number of carbonyl (C=O) groups excluding carboxylic acids is 1. The molecule has 1 aromatic carbocycles. The van der Waals surface area contributed by atoms with Crippen molar-refractivity contribution in [2.45, 2.75) is 43.2 Å². The lowest BCUT2D eigenvalue weighted by molar-refractivity contribution is -0.132. The Morgan fingerprint density at radius 1 is 1.31 bits per heavy atom. The van der Waals surface area contributed by atoms with E-state index in [9.17, 15) is 13.2 Å². The van der Waals surface area contributed by atoms with Gasteiger partial charge in [-0.25, -0.2) is 13.4 Å². The van der Waals surface area contributed by atoms with E-state index >= 15 is 0 Å². The molecule has 2 aromatic rings. The molecule has 0 N–H and O–H groups in total. The van der Waals surface area contributed by atoms with E-state index in [-0.39, 0.29) is 29.8 Å². The molecule has 7 nitrogen and oxygen atoms in total. The third-order valence-electron chi connectivity index (χ3n) is 5.82. The number of aryl methyl sites for hydroxylation is 1. The Balaban J connectivity index is 1.51. The first-order valence-corrected chi connectivity index (χ1v) is 12.2. The molecular formula is C20H23N3O4S2. The summed E-state index contributed by atoms with van der Waals surface area (Å²) in [4.78, 5) is 19.1. The smallest absolute Gasteiger partial charge is 0.247 e. The van der Waals surface area contributed by atoms with Gasteiger partial charge in [-0.2, -0.15) is 4.31 Å². The number of ether oxygens (including phenoxy) is 1. The molecule has 3 heterocycles. The topological polar surface area (TPSA) is 79.8 Å². The standard InChI is InChI=1S/C20H23N3O4S2/c1-14-21-16(11-28-14)10-23-13-20(8-9-22(12-20)19(24)15-6-7-15)27-17-4-2-3-5-18(17)29(23,25)26/h2-5,11,15H,6-10,12-13H2,1H3. The molecule has 0 radical (unpaired) electrons. The molecule has 3 aliphatic rings. The number of sulfonamides is 1. The van der Waals surface area contributed by atoms with Crippen LogP contribution in [0, 0.1) is 12.8 Å². The Morgan fingerprint density at radius 2 is 2.10 bits per heavy atom. The van der Waals surface area contributed by atoms with E-state index in [1.54, 1.807) is 24.3 Å². The van der Waals surface area contributed by atoms with Crippen molar-refractivity contribution >= 4 is 27.3 Å². The molecule has 2 aliphatic heterocycles. The molecule has 9 heteroatoms. The van der Waals surface area contributed by atoms with Crippen LogP contribution in [0.5, 0.6) is 5.75 Å². The van der Waals surface area contributed by atoms with Crippen LogP contribution in [0.2, 0.25) is 0 Å². The van der Waals surface area contributed by atoms with E-state index in [1.807, 2.05) is 17.2 Å². The van der Waals surface area contributed by atoms with E-state index in [4.69, 9.17) is 4.74 Å². The van der Waals surface area contributed by atoms with Gasteiger partial charge in [0.2, 0.25) is 15.9 Å². The maximum Gasteiger partial charge on any atom is 0.247 e. The van der Waals surface area contributed by atoms with Crippen molar-refractivity contribution in [3.05, 3.63) is 40.3 Å². The average Bonchev–Trinajstić information content (AvgIpc) is 3.36. The lowest BCUT2D eigenvalue weighted by Gasteiger charge is -2.31. The lowest BCUT2D eigenvalue weighted by Crippen LogP contribution is -2.49. The van der Waals surface area contributed by atoms with Gasteiger partial charge in [0, 0.05) is 24.3 Å². The van der Waals surface area contributed by atoms with Gasteiger partial charge in [0.15, 0.2) is 0 Å². The van der Waals surface area contributed by atoms with Gasteiger partial charge >= 0.3 is 0 Å². The SMILES string of the molecule is Cc1nc(CN2CC3(CCN(C(=O)C4CC4)C3)Oc3ccccc3S2(=O)=O)cs1. The van der Waals surface area contributed by atoms with Crippen molar-refractivity contribution in [1.29, 1.82) is 0 Å². The zero-order chi connectivity index (χ0) is 20.2. The van der Waals surface area contributed by atoms with Gasteiger partial charge in [0.25, 0.3) is 0 Å². The minimum atomic E-state index is -3.74. The molecule has 1 aromatic heterocycles. The molecule has 154 valence electrons. The number of benzene rings is 1. The first-order chi connectivity index (χ1) is 13.9. The fraction of sp³-hybridized carbons (Fsp3) is 0.500. The number of para-hydroxylation sites is 1. The second-order valence-corrected chi connectivity index (χ2v) is 11.1. The highest BCUT2D eigenvalue weighted by atomic mass is 32.2. The van der Waals surface area contributed by atoms with Gasteiger partial charge in [-0.1, -0.05) is 12.1 Å². The van der Waals surface area contributed by atoms with Crippen LogP contribution in [0.3, 0.4) is 0 Å². The van der Waals surface area contributed by atoms with Crippen LogP contribution in [-0.4, -0.2) is 53.7 Å². The maximum absolute atomic E-state index is 13.5. The van der Waals surface area contributed by atoms with Crippen molar-refractivity contribution in [2.24, 2.45) is 5.92 Å². The van der Waals surface area contributed by atoms with E-state index in [2.05, 4.69) is 4.98 Å². The van der Waals surface area contributed by atoms with Gasteiger partial charge in [0.1, 0.15) is 16.2 Å². The highest BCUT2D eigenvalue weighted by Crippen LogP contribution is 2.40. The monoisotopic (exact) mass is 433 g/mol. The molecule has 0 bridgehead atoms. The summed E-state index contributed by atoms with van der Waals surface area (Å²) in [7, 11) is -3.74. The van der Waals surface area contributed by atoms with Gasteiger partial charge in [0.05, 0.1) is 30.3 Å². The number of nitrogens with zero attached hydrogens (tertiary/aromatic N) is 3. The lowest BCUT2D eigenvalue weighted by atomic mass is 10.0. The number of carbonyl (C=O) groups is 1. The van der Waals surface area contributed by atoms with Gasteiger partial charge in [-0.3, -0.25) is 4.79 Å². The molecule has 1 unspecified atom stereocenters. The largest absolute Gasteiger partial charge is 0.483 e. The predicted molar refractivity (Wildman–Crippen MR) is 108 cm³/mol. The number of amides is 1. The van der Waals surface area contributed by atoms with Crippen LogP contribution < -0.4 is 4.74 Å². The molecule has 1 saturated carbocycles. The predicted octanol–water partition coefficient (Wildman–Crippen LogP) is 2.42. The minimum Gasteiger partial charge on any atom is -0.483 e. The Morgan fingerprint density at radius 3 is 2.83 bits per heavy atom. The summed E-state index contributed by atoms with van der Waals surface area (Å²) in [5, 5.41) is 2.80. The fourth-order valence-corrected chi connectivity index (χ4v) is 6.40. The number of hydrogen-bond donors (Lipinski definition) is 0. The Kier molecular flexibility index (Phi) is 4.45. The van der Waals surface area contributed by atoms with Crippen molar-refractivity contribution < 1.29 is 17.9 Å². The van der Waals surface area contributed by atoms with Crippen LogP contribution in [-0.2, 0) is 21.4 Å². The number of thiazole rings is 1. The highest BCUT2D eigenvalue weighted by molar-refractivity contribution is 7.89. The van der Waals surface area contributed by atoms with Crippen molar-refractivity contribution in [1.82, 2.24) is 14.2 Å². The van der Waals surface area contributed by atoms with E-state index < -0.39 is 15.6 Å². The molecule has 1 aliphatic carbocycles. The zero-order valence-corrected chi connectivity index (χ0v) is 17.8. The number of likely N-dealkylation sites (tertiary alicyclic amines) is 1. The first kappa shape index (κ1) is 19.0. The van der Waals surface area contributed by atoms with Gasteiger partial charge in [-0.05, 0) is 31.9 Å². The molecular weight excluding hydrogens is 410 g/mol. The van der Waals surface area contributed by atoms with Crippen LogP contribution in [0.15, 0.2) is 34.5 Å². The number of hydrogen-bond acceptors (Lipinski definition) is 6. The highest BCUT2D eigenvalue weighted by Gasteiger charge is 2.50. The van der Waals surface area contributed by atoms with Crippen molar-refractivity contribution in [2.75, 3.05) is 19.6 Å². The third-order valence-corrected chi connectivity index (χ3v) is 8.47. The van der Waals surface area contributed by atoms with Crippen LogP contribution in [0.4, 0.5) is 0 Å². The Labute approximate surface area is 174 Å². The average molecular weight is 434 g/mol. The summed E-state index contributed by atoms with van der Waals surface area (Å²) in [6.07, 6.45) is 2.52. The van der Waals surface area contributed by atoms with E-state index in [0.29, 0.717) is 25.3 Å². The number of fused-ring (bicyclic) bond motifs is 1. The zero-order valence-electron chi connectivity index (χ0n) is 16.2. The Hall–Kier alpha value is -1.97. The summed E-state index contributed by atoms with van der Waals surface area (Å²) >= 11 is 1.51. The molecule has 2 fully saturated rings. The first-order valence-electron chi connectivity index (χ1n) is 9.84.